The van der Waals surface area contributed by atoms with Crippen LogP contribution in [0.5, 0.6) is 0 Å². The molecule has 1 rings (SSSR count). The lowest BCUT2D eigenvalue weighted by molar-refractivity contribution is 0.625. The molecule has 1 unspecified atom stereocenters. The molecule has 0 bridgehead atoms. The first-order valence-electron chi connectivity index (χ1n) is 3.63. The monoisotopic (exact) mass is 163 g/mol. The molecule has 0 spiro atoms. The van der Waals surface area contributed by atoms with Gasteiger partial charge in [0.2, 0.25) is 0 Å². The first-order chi connectivity index (χ1) is 5.65. The highest BCUT2D eigenvalue weighted by Crippen LogP contribution is 2.15. The van der Waals surface area contributed by atoms with E-state index in [4.69, 9.17) is 12.2 Å². The average molecular weight is 163 g/mol. The van der Waals surface area contributed by atoms with E-state index in [-0.39, 0.29) is 5.82 Å². The molecular formula is C10H10FN. The highest BCUT2D eigenvalue weighted by molar-refractivity contribution is 5.33. The van der Waals surface area contributed by atoms with E-state index in [1.807, 2.05) is 0 Å². The quantitative estimate of drug-likeness (QED) is 0.627. The van der Waals surface area contributed by atoms with Crippen LogP contribution in [0.15, 0.2) is 18.2 Å². The van der Waals surface area contributed by atoms with Crippen molar-refractivity contribution in [3.05, 3.63) is 35.1 Å². The molecule has 0 aromatic heterocycles. The second kappa shape index (κ2) is 3.38. The van der Waals surface area contributed by atoms with Crippen molar-refractivity contribution in [1.29, 1.82) is 0 Å². The largest absolute Gasteiger partial charge is 0.314 e. The lowest BCUT2D eigenvalue weighted by Crippen LogP contribution is -2.08. The first-order valence-corrected chi connectivity index (χ1v) is 3.63. The molecular weight excluding hydrogens is 153 g/mol. The van der Waals surface area contributed by atoms with Gasteiger partial charge in [0.15, 0.2) is 0 Å². The molecule has 2 N–H and O–H groups in total. The molecule has 12 heavy (non-hydrogen) atoms. The Labute approximate surface area is 71.4 Å². The molecule has 2 heteroatoms. The lowest BCUT2D eigenvalue weighted by Gasteiger charge is -2.07. The third kappa shape index (κ3) is 1.63. The van der Waals surface area contributed by atoms with Crippen LogP contribution in [0.3, 0.4) is 0 Å². The normalized spacial score (nSPS) is 12.2. The summed E-state index contributed by atoms with van der Waals surface area (Å²) in [7, 11) is 0. The number of halogens is 1. The van der Waals surface area contributed by atoms with Gasteiger partial charge < -0.3 is 5.73 Å². The molecule has 62 valence electrons. The fraction of sp³-hybridized carbons (Fsp3) is 0.200. The molecule has 0 amide bonds. The van der Waals surface area contributed by atoms with Crippen LogP contribution < -0.4 is 5.73 Å². The smallest absolute Gasteiger partial charge is 0.123 e. The summed E-state index contributed by atoms with van der Waals surface area (Å²) < 4.78 is 12.6. The fourth-order valence-electron chi connectivity index (χ4n) is 1.08. The Morgan fingerprint density at radius 2 is 2.25 bits per heavy atom. The van der Waals surface area contributed by atoms with Crippen molar-refractivity contribution in [3.63, 3.8) is 0 Å². The zero-order valence-electron chi connectivity index (χ0n) is 6.84. The van der Waals surface area contributed by atoms with E-state index >= 15 is 0 Å². The Morgan fingerprint density at radius 3 is 2.75 bits per heavy atom. The summed E-state index contributed by atoms with van der Waals surface area (Å²) in [5, 5.41) is 0. The molecule has 1 aromatic rings. The van der Waals surface area contributed by atoms with Gasteiger partial charge in [0.1, 0.15) is 5.82 Å². The van der Waals surface area contributed by atoms with Crippen LogP contribution in [0.2, 0.25) is 0 Å². The highest BCUT2D eigenvalue weighted by atomic mass is 19.1. The van der Waals surface area contributed by atoms with Crippen molar-refractivity contribution in [1.82, 2.24) is 0 Å². The first kappa shape index (κ1) is 8.76. The van der Waals surface area contributed by atoms with Crippen LogP contribution in [0.1, 0.15) is 17.2 Å². The Bertz CT molecular complexity index is 325. The minimum Gasteiger partial charge on any atom is -0.314 e. The predicted molar refractivity (Wildman–Crippen MR) is 46.9 cm³/mol. The number of terminal acetylenes is 1. The Kier molecular flexibility index (Phi) is 2.47. The zero-order valence-corrected chi connectivity index (χ0v) is 6.84. The highest BCUT2D eigenvalue weighted by Gasteiger charge is 2.05. The van der Waals surface area contributed by atoms with E-state index in [1.54, 1.807) is 13.0 Å². The van der Waals surface area contributed by atoms with Crippen LogP contribution in [0.4, 0.5) is 4.39 Å². The zero-order chi connectivity index (χ0) is 9.14. The molecule has 0 aliphatic heterocycles. The van der Waals surface area contributed by atoms with Gasteiger partial charge in [-0.1, -0.05) is 12.0 Å². The van der Waals surface area contributed by atoms with E-state index in [9.17, 15) is 4.39 Å². The SMILES string of the molecule is C#CC(N)c1ccc(F)cc1C. The molecule has 1 atom stereocenters. The molecule has 1 nitrogen and oxygen atoms in total. The van der Waals surface area contributed by atoms with Gasteiger partial charge in [0, 0.05) is 0 Å². The van der Waals surface area contributed by atoms with E-state index in [1.165, 1.54) is 12.1 Å². The molecule has 0 aliphatic rings. The minimum atomic E-state index is -0.439. The van der Waals surface area contributed by atoms with Crippen LogP contribution >= 0.6 is 0 Å². The molecule has 0 heterocycles. The molecule has 0 fully saturated rings. The van der Waals surface area contributed by atoms with Crippen LogP contribution in [-0.4, -0.2) is 0 Å². The summed E-state index contributed by atoms with van der Waals surface area (Å²) in [5.74, 6) is 2.13. The lowest BCUT2D eigenvalue weighted by atomic mass is 10.0. The number of benzene rings is 1. The standard InChI is InChI=1S/C10H10FN/c1-3-10(12)9-5-4-8(11)6-7(9)2/h1,4-6,10H,12H2,2H3. The van der Waals surface area contributed by atoms with Gasteiger partial charge in [-0.3, -0.25) is 0 Å². The topological polar surface area (TPSA) is 26.0 Å². The molecule has 0 radical (unpaired) electrons. The molecule has 0 saturated heterocycles. The third-order valence-corrected chi connectivity index (χ3v) is 1.75. The minimum absolute atomic E-state index is 0.263. The molecule has 0 aliphatic carbocycles. The van der Waals surface area contributed by atoms with Crippen LogP contribution in [0, 0.1) is 25.1 Å². The molecule has 1 aromatic carbocycles. The van der Waals surface area contributed by atoms with Gasteiger partial charge in [-0.05, 0) is 30.2 Å². The van der Waals surface area contributed by atoms with Gasteiger partial charge in [0.05, 0.1) is 6.04 Å². The van der Waals surface area contributed by atoms with E-state index in [2.05, 4.69) is 5.92 Å². The number of aryl methyl sites for hydroxylation is 1. The van der Waals surface area contributed by atoms with Crippen molar-refractivity contribution in [2.24, 2.45) is 5.73 Å². The van der Waals surface area contributed by atoms with Gasteiger partial charge in [0.25, 0.3) is 0 Å². The summed E-state index contributed by atoms with van der Waals surface area (Å²) in [4.78, 5) is 0. The summed E-state index contributed by atoms with van der Waals surface area (Å²) >= 11 is 0. The summed E-state index contributed by atoms with van der Waals surface area (Å²) in [6.07, 6.45) is 5.14. The number of rotatable bonds is 1. The maximum Gasteiger partial charge on any atom is 0.123 e. The second-order valence-electron chi connectivity index (χ2n) is 2.65. The van der Waals surface area contributed by atoms with E-state index in [0.29, 0.717) is 0 Å². The number of hydrogen-bond acceptors (Lipinski definition) is 1. The summed E-state index contributed by atoms with van der Waals surface area (Å²) in [6, 6.07) is 3.96. The van der Waals surface area contributed by atoms with E-state index < -0.39 is 6.04 Å². The maximum atomic E-state index is 12.6. The van der Waals surface area contributed by atoms with Gasteiger partial charge >= 0.3 is 0 Å². The summed E-state index contributed by atoms with van der Waals surface area (Å²) in [5.41, 5.74) is 7.18. The summed E-state index contributed by atoms with van der Waals surface area (Å²) in [6.45, 7) is 1.79. The third-order valence-electron chi connectivity index (χ3n) is 1.75. The van der Waals surface area contributed by atoms with Gasteiger partial charge in [-0.2, -0.15) is 0 Å². The van der Waals surface area contributed by atoms with Crippen molar-refractivity contribution < 1.29 is 4.39 Å². The second-order valence-corrected chi connectivity index (χ2v) is 2.65. The number of nitrogens with two attached hydrogens (primary N) is 1. The average Bonchev–Trinajstić information content (AvgIpc) is 2.03. The van der Waals surface area contributed by atoms with Crippen molar-refractivity contribution in [2.45, 2.75) is 13.0 Å². The predicted octanol–water partition coefficient (Wildman–Crippen LogP) is 1.77. The van der Waals surface area contributed by atoms with Crippen molar-refractivity contribution in [2.75, 3.05) is 0 Å². The Balaban J connectivity index is 3.11. The van der Waals surface area contributed by atoms with Crippen molar-refractivity contribution in [3.8, 4) is 12.3 Å². The number of hydrogen-bond donors (Lipinski definition) is 1. The van der Waals surface area contributed by atoms with Crippen LogP contribution in [-0.2, 0) is 0 Å². The van der Waals surface area contributed by atoms with Gasteiger partial charge in [-0.25, -0.2) is 4.39 Å². The fourth-order valence-corrected chi connectivity index (χ4v) is 1.08. The van der Waals surface area contributed by atoms with Gasteiger partial charge in [-0.15, -0.1) is 6.42 Å². The maximum absolute atomic E-state index is 12.6. The van der Waals surface area contributed by atoms with Crippen molar-refractivity contribution >= 4 is 0 Å². The Hall–Kier alpha value is -1.33. The van der Waals surface area contributed by atoms with Crippen LogP contribution in [0.25, 0.3) is 0 Å². The Morgan fingerprint density at radius 1 is 1.58 bits per heavy atom. The molecule has 0 saturated carbocycles. The van der Waals surface area contributed by atoms with E-state index in [0.717, 1.165) is 11.1 Å².